The van der Waals surface area contributed by atoms with Crippen molar-refractivity contribution in [2.24, 2.45) is 0 Å². The highest BCUT2D eigenvalue weighted by Crippen LogP contribution is 2.32. The van der Waals surface area contributed by atoms with Gasteiger partial charge < -0.3 is 9.84 Å². The Labute approximate surface area is 142 Å². The number of hydrogen-bond donors (Lipinski definition) is 1. The quantitative estimate of drug-likeness (QED) is 0.579. The van der Waals surface area contributed by atoms with E-state index >= 15 is 0 Å². The van der Waals surface area contributed by atoms with Crippen LogP contribution in [0.2, 0.25) is 5.02 Å². The van der Waals surface area contributed by atoms with Crippen LogP contribution >= 0.6 is 27.5 Å². The summed E-state index contributed by atoms with van der Waals surface area (Å²) < 4.78 is 5.74. The first-order chi connectivity index (χ1) is 10.5. The zero-order valence-corrected chi connectivity index (χ0v) is 14.2. The van der Waals surface area contributed by atoms with Crippen molar-refractivity contribution in [1.82, 2.24) is 0 Å². The van der Waals surface area contributed by atoms with Crippen LogP contribution in [-0.2, 0) is 0 Å². The first-order valence-corrected chi connectivity index (χ1v) is 7.81. The van der Waals surface area contributed by atoms with Gasteiger partial charge in [-0.2, -0.15) is 0 Å². The van der Waals surface area contributed by atoms with Gasteiger partial charge in [-0.05, 0) is 58.8 Å². The molecule has 0 aliphatic carbocycles. The Hall–Kier alpha value is -1.78. The highest BCUT2D eigenvalue weighted by molar-refractivity contribution is 9.10. The number of ketones is 1. The monoisotopic (exact) mass is 380 g/mol. The van der Waals surface area contributed by atoms with Crippen LogP contribution in [0.4, 0.5) is 0 Å². The molecule has 0 radical (unpaired) electrons. The summed E-state index contributed by atoms with van der Waals surface area (Å²) in [6.07, 6.45) is 3.07. The van der Waals surface area contributed by atoms with E-state index in [1.165, 1.54) is 18.2 Å². The second kappa shape index (κ2) is 7.47. The molecular weight excluding hydrogens is 368 g/mol. The fraction of sp³-hybridized carbons (Fsp3) is 0.118. The molecule has 0 unspecified atom stereocenters. The first-order valence-electron chi connectivity index (χ1n) is 6.64. The van der Waals surface area contributed by atoms with Crippen LogP contribution in [0.5, 0.6) is 11.5 Å². The lowest BCUT2D eigenvalue weighted by molar-refractivity contribution is 0.104. The van der Waals surface area contributed by atoms with Gasteiger partial charge in [0.05, 0.1) is 16.6 Å². The van der Waals surface area contributed by atoms with Gasteiger partial charge >= 0.3 is 0 Å². The number of carbonyl (C=O) groups is 1. The molecule has 0 saturated carbocycles. The summed E-state index contributed by atoms with van der Waals surface area (Å²) in [6, 6.07) is 10.3. The summed E-state index contributed by atoms with van der Waals surface area (Å²) in [5.74, 6) is 0.336. The summed E-state index contributed by atoms with van der Waals surface area (Å²) in [6.45, 7) is 2.53. The number of allylic oxidation sites excluding steroid dienone is 1. The summed E-state index contributed by atoms with van der Waals surface area (Å²) in [7, 11) is 0. The minimum Gasteiger partial charge on any atom is -0.506 e. The SMILES string of the molecule is CCOc1ccc(/C=C/C(=O)c2cc(Cl)cc(Br)c2O)cc1. The minimum absolute atomic E-state index is 0.120. The van der Waals surface area contributed by atoms with Crippen molar-refractivity contribution in [2.45, 2.75) is 6.92 Å². The Morgan fingerprint density at radius 2 is 2.00 bits per heavy atom. The number of carbonyl (C=O) groups excluding carboxylic acids is 1. The van der Waals surface area contributed by atoms with Gasteiger partial charge in [0.25, 0.3) is 0 Å². The lowest BCUT2D eigenvalue weighted by Crippen LogP contribution is -1.95. The van der Waals surface area contributed by atoms with Crippen LogP contribution in [0.15, 0.2) is 46.9 Å². The van der Waals surface area contributed by atoms with Crippen LogP contribution in [0.3, 0.4) is 0 Å². The molecule has 1 N–H and O–H groups in total. The second-order valence-electron chi connectivity index (χ2n) is 4.48. The third-order valence-corrected chi connectivity index (χ3v) is 3.73. The number of rotatable bonds is 5. The maximum atomic E-state index is 12.2. The predicted molar refractivity (Wildman–Crippen MR) is 91.8 cm³/mol. The zero-order chi connectivity index (χ0) is 16.1. The summed E-state index contributed by atoms with van der Waals surface area (Å²) in [5.41, 5.74) is 1.01. The van der Waals surface area contributed by atoms with E-state index < -0.39 is 0 Å². The number of benzene rings is 2. The van der Waals surface area contributed by atoms with E-state index in [1.807, 2.05) is 31.2 Å². The summed E-state index contributed by atoms with van der Waals surface area (Å²) in [4.78, 5) is 12.2. The van der Waals surface area contributed by atoms with Gasteiger partial charge in [0.2, 0.25) is 0 Å². The Balaban J connectivity index is 2.18. The minimum atomic E-state index is -0.324. The Bertz CT molecular complexity index is 709. The molecule has 0 aromatic heterocycles. The Kier molecular flexibility index (Phi) is 5.63. The first kappa shape index (κ1) is 16.6. The van der Waals surface area contributed by atoms with Gasteiger partial charge in [-0.15, -0.1) is 0 Å². The van der Waals surface area contributed by atoms with E-state index in [1.54, 1.807) is 6.08 Å². The van der Waals surface area contributed by atoms with E-state index in [0.29, 0.717) is 16.1 Å². The number of ether oxygens (including phenoxy) is 1. The molecule has 114 valence electrons. The van der Waals surface area contributed by atoms with Crippen LogP contribution in [0.25, 0.3) is 6.08 Å². The van der Waals surface area contributed by atoms with E-state index in [2.05, 4.69) is 15.9 Å². The van der Waals surface area contributed by atoms with Crippen LogP contribution in [0, 0.1) is 0 Å². The van der Waals surface area contributed by atoms with E-state index in [-0.39, 0.29) is 17.1 Å². The van der Waals surface area contributed by atoms with Crippen molar-refractivity contribution in [2.75, 3.05) is 6.61 Å². The van der Waals surface area contributed by atoms with Crippen LogP contribution in [0.1, 0.15) is 22.8 Å². The van der Waals surface area contributed by atoms with Crippen molar-refractivity contribution >= 4 is 39.4 Å². The lowest BCUT2D eigenvalue weighted by Gasteiger charge is -2.04. The average Bonchev–Trinajstić information content (AvgIpc) is 2.50. The molecule has 2 rings (SSSR count). The average molecular weight is 382 g/mol. The smallest absolute Gasteiger partial charge is 0.189 e. The molecule has 0 atom stereocenters. The molecule has 0 fully saturated rings. The molecule has 3 nitrogen and oxygen atoms in total. The number of aromatic hydroxyl groups is 1. The summed E-state index contributed by atoms with van der Waals surface area (Å²) >= 11 is 9.06. The maximum absolute atomic E-state index is 12.2. The van der Waals surface area contributed by atoms with Gasteiger partial charge in [0, 0.05) is 5.02 Å². The third kappa shape index (κ3) is 4.12. The molecular formula is C17H14BrClO3. The molecule has 2 aromatic carbocycles. The van der Waals surface area contributed by atoms with Crippen LogP contribution < -0.4 is 4.74 Å². The Morgan fingerprint density at radius 1 is 1.32 bits per heavy atom. The number of phenols is 1. The molecule has 5 heteroatoms. The normalized spacial score (nSPS) is 10.9. The lowest BCUT2D eigenvalue weighted by atomic mass is 10.1. The van der Waals surface area contributed by atoms with Crippen molar-refractivity contribution in [1.29, 1.82) is 0 Å². The van der Waals surface area contributed by atoms with Crippen molar-refractivity contribution in [3.63, 3.8) is 0 Å². The standard InChI is InChI=1S/C17H14BrClO3/c1-2-22-13-6-3-11(4-7-13)5-8-16(20)14-9-12(19)10-15(18)17(14)21/h3-10,21H,2H2,1H3/b8-5+. The van der Waals surface area contributed by atoms with Crippen molar-refractivity contribution < 1.29 is 14.6 Å². The van der Waals surface area contributed by atoms with Gasteiger partial charge in [0.1, 0.15) is 11.5 Å². The maximum Gasteiger partial charge on any atom is 0.189 e. The number of halogens is 2. The van der Waals surface area contributed by atoms with Crippen LogP contribution in [-0.4, -0.2) is 17.5 Å². The molecule has 2 aromatic rings. The molecule has 0 spiro atoms. The fourth-order valence-corrected chi connectivity index (χ4v) is 2.67. The fourth-order valence-electron chi connectivity index (χ4n) is 1.86. The predicted octanol–water partition coefficient (Wildman–Crippen LogP) is 5.10. The molecule has 0 saturated heterocycles. The molecule has 0 bridgehead atoms. The summed E-state index contributed by atoms with van der Waals surface area (Å²) in [5, 5.41) is 10.3. The molecule has 0 heterocycles. The van der Waals surface area contributed by atoms with E-state index in [9.17, 15) is 9.90 Å². The Morgan fingerprint density at radius 3 is 2.64 bits per heavy atom. The second-order valence-corrected chi connectivity index (χ2v) is 5.77. The van der Waals surface area contributed by atoms with Gasteiger partial charge in [-0.3, -0.25) is 4.79 Å². The van der Waals surface area contributed by atoms with E-state index in [4.69, 9.17) is 16.3 Å². The van der Waals surface area contributed by atoms with Gasteiger partial charge in [0.15, 0.2) is 5.78 Å². The van der Waals surface area contributed by atoms with Crippen molar-refractivity contribution in [3.05, 3.63) is 63.1 Å². The highest BCUT2D eigenvalue weighted by Gasteiger charge is 2.12. The highest BCUT2D eigenvalue weighted by atomic mass is 79.9. The van der Waals surface area contributed by atoms with Crippen molar-refractivity contribution in [3.8, 4) is 11.5 Å². The molecule has 0 aliphatic heterocycles. The number of phenolic OH excluding ortho intramolecular Hbond substituents is 1. The zero-order valence-electron chi connectivity index (χ0n) is 11.8. The van der Waals surface area contributed by atoms with Gasteiger partial charge in [-0.25, -0.2) is 0 Å². The third-order valence-electron chi connectivity index (χ3n) is 2.91. The molecule has 0 aliphatic rings. The largest absolute Gasteiger partial charge is 0.506 e. The molecule has 22 heavy (non-hydrogen) atoms. The topological polar surface area (TPSA) is 46.5 Å². The molecule has 0 amide bonds. The van der Waals surface area contributed by atoms with Gasteiger partial charge in [-0.1, -0.05) is 29.8 Å². The van der Waals surface area contributed by atoms with E-state index in [0.717, 1.165) is 11.3 Å². The number of hydrogen-bond acceptors (Lipinski definition) is 3.